The van der Waals surface area contributed by atoms with Crippen LogP contribution in [0.3, 0.4) is 0 Å². The summed E-state index contributed by atoms with van der Waals surface area (Å²) < 4.78 is 0. The van der Waals surface area contributed by atoms with Gasteiger partial charge in [-0.05, 0) is 24.0 Å². The average Bonchev–Trinajstić information content (AvgIpc) is 2.05. The molecule has 0 unspecified atom stereocenters. The Morgan fingerprint density at radius 1 is 1.50 bits per heavy atom. The van der Waals surface area contributed by atoms with Crippen LogP contribution in [0.25, 0.3) is 0 Å². The smallest absolute Gasteiger partial charge is 0.0644 e. The average molecular weight is 136 g/mol. The molecule has 0 aliphatic heterocycles. The molecule has 1 rings (SSSR count). The molecule has 1 heteroatoms. The third-order valence-electron chi connectivity index (χ3n) is 1.73. The predicted molar refractivity (Wildman–Crippen MR) is 42.7 cm³/mol. The van der Waals surface area contributed by atoms with Gasteiger partial charge in [0.2, 0.25) is 0 Å². The SMILES string of the molecule is C=CC1=CC=C(CO)CC1. The van der Waals surface area contributed by atoms with Crippen LogP contribution in [0.1, 0.15) is 12.8 Å². The summed E-state index contributed by atoms with van der Waals surface area (Å²) in [5.74, 6) is 0. The van der Waals surface area contributed by atoms with Crippen LogP contribution in [-0.4, -0.2) is 11.7 Å². The second kappa shape index (κ2) is 3.37. The first kappa shape index (κ1) is 7.29. The molecule has 10 heavy (non-hydrogen) atoms. The highest BCUT2D eigenvalue weighted by Gasteiger charge is 2.01. The van der Waals surface area contributed by atoms with Crippen LogP contribution >= 0.6 is 0 Å². The van der Waals surface area contributed by atoms with E-state index < -0.39 is 0 Å². The Balaban J connectivity index is 2.64. The van der Waals surface area contributed by atoms with Gasteiger partial charge >= 0.3 is 0 Å². The fraction of sp³-hybridized carbons (Fsp3) is 0.333. The van der Waals surface area contributed by atoms with Gasteiger partial charge in [0.25, 0.3) is 0 Å². The van der Waals surface area contributed by atoms with E-state index in [1.807, 2.05) is 18.2 Å². The van der Waals surface area contributed by atoms with E-state index in [4.69, 9.17) is 5.11 Å². The summed E-state index contributed by atoms with van der Waals surface area (Å²) in [6.07, 6.45) is 7.86. The number of aliphatic hydroxyl groups excluding tert-OH is 1. The lowest BCUT2D eigenvalue weighted by Gasteiger charge is -2.08. The molecule has 0 saturated carbocycles. The van der Waals surface area contributed by atoms with Gasteiger partial charge in [0.05, 0.1) is 6.61 Å². The highest BCUT2D eigenvalue weighted by molar-refractivity contribution is 5.29. The van der Waals surface area contributed by atoms with E-state index in [9.17, 15) is 0 Å². The van der Waals surface area contributed by atoms with Crippen molar-refractivity contribution in [3.05, 3.63) is 36.0 Å². The van der Waals surface area contributed by atoms with Crippen LogP contribution in [-0.2, 0) is 0 Å². The Hall–Kier alpha value is -0.820. The maximum Gasteiger partial charge on any atom is 0.0644 e. The molecular weight excluding hydrogens is 124 g/mol. The zero-order valence-corrected chi connectivity index (χ0v) is 6.01. The molecule has 0 saturated heterocycles. The van der Waals surface area contributed by atoms with E-state index in [0.717, 1.165) is 18.4 Å². The molecule has 0 fully saturated rings. The Morgan fingerprint density at radius 2 is 2.30 bits per heavy atom. The zero-order chi connectivity index (χ0) is 7.40. The van der Waals surface area contributed by atoms with Gasteiger partial charge in [-0.3, -0.25) is 0 Å². The highest BCUT2D eigenvalue weighted by atomic mass is 16.3. The molecule has 1 aliphatic carbocycles. The Morgan fingerprint density at radius 3 is 2.70 bits per heavy atom. The maximum atomic E-state index is 8.73. The summed E-state index contributed by atoms with van der Waals surface area (Å²) in [6, 6.07) is 0. The van der Waals surface area contributed by atoms with Gasteiger partial charge in [-0.15, -0.1) is 0 Å². The second-order valence-corrected chi connectivity index (χ2v) is 2.43. The van der Waals surface area contributed by atoms with E-state index >= 15 is 0 Å². The normalized spacial score (nSPS) is 17.7. The van der Waals surface area contributed by atoms with E-state index in [2.05, 4.69) is 6.58 Å². The summed E-state index contributed by atoms with van der Waals surface area (Å²) in [5.41, 5.74) is 2.38. The fourth-order valence-electron chi connectivity index (χ4n) is 0.998. The third kappa shape index (κ3) is 1.58. The fourth-order valence-corrected chi connectivity index (χ4v) is 0.998. The Bertz CT molecular complexity index is 187. The molecule has 0 aromatic heterocycles. The molecule has 0 atom stereocenters. The van der Waals surface area contributed by atoms with Crippen LogP contribution in [0.4, 0.5) is 0 Å². The van der Waals surface area contributed by atoms with Crippen molar-refractivity contribution in [2.75, 3.05) is 6.61 Å². The summed E-state index contributed by atoms with van der Waals surface area (Å²) >= 11 is 0. The van der Waals surface area contributed by atoms with Gasteiger partial charge in [-0.1, -0.05) is 24.8 Å². The first-order chi connectivity index (χ1) is 4.86. The standard InChI is InChI=1S/C9H12O/c1-2-8-3-5-9(7-10)6-4-8/h2-3,5,10H,1,4,6-7H2. The van der Waals surface area contributed by atoms with Gasteiger partial charge in [0.15, 0.2) is 0 Å². The van der Waals surface area contributed by atoms with Crippen LogP contribution in [0.2, 0.25) is 0 Å². The molecule has 0 aromatic carbocycles. The molecule has 0 amide bonds. The minimum absolute atomic E-state index is 0.195. The lowest BCUT2D eigenvalue weighted by atomic mass is 9.99. The first-order valence-corrected chi connectivity index (χ1v) is 3.48. The third-order valence-corrected chi connectivity index (χ3v) is 1.73. The van der Waals surface area contributed by atoms with Crippen molar-refractivity contribution in [1.82, 2.24) is 0 Å². The predicted octanol–water partition coefficient (Wildman–Crippen LogP) is 1.81. The molecule has 1 aliphatic rings. The van der Waals surface area contributed by atoms with Crippen LogP contribution in [0, 0.1) is 0 Å². The van der Waals surface area contributed by atoms with Crippen LogP contribution in [0.15, 0.2) is 36.0 Å². The van der Waals surface area contributed by atoms with E-state index in [1.54, 1.807) is 0 Å². The molecule has 0 spiro atoms. The highest BCUT2D eigenvalue weighted by Crippen LogP contribution is 2.17. The minimum atomic E-state index is 0.195. The van der Waals surface area contributed by atoms with Gasteiger partial charge in [0, 0.05) is 0 Å². The first-order valence-electron chi connectivity index (χ1n) is 3.48. The topological polar surface area (TPSA) is 20.2 Å². The quantitative estimate of drug-likeness (QED) is 0.613. The van der Waals surface area contributed by atoms with Crippen molar-refractivity contribution >= 4 is 0 Å². The van der Waals surface area contributed by atoms with Crippen LogP contribution in [0.5, 0.6) is 0 Å². The number of hydrogen-bond donors (Lipinski definition) is 1. The van der Waals surface area contributed by atoms with E-state index in [-0.39, 0.29) is 6.61 Å². The largest absolute Gasteiger partial charge is 0.392 e. The molecule has 54 valence electrons. The second-order valence-electron chi connectivity index (χ2n) is 2.43. The van der Waals surface area contributed by atoms with Gasteiger partial charge in [0.1, 0.15) is 0 Å². The van der Waals surface area contributed by atoms with Gasteiger partial charge in [-0.25, -0.2) is 0 Å². The Kier molecular flexibility index (Phi) is 2.46. The number of aliphatic hydroxyl groups is 1. The molecule has 0 bridgehead atoms. The zero-order valence-electron chi connectivity index (χ0n) is 6.01. The molecule has 1 N–H and O–H groups in total. The van der Waals surface area contributed by atoms with Crippen molar-refractivity contribution in [3.63, 3.8) is 0 Å². The molecule has 0 heterocycles. The number of hydrogen-bond acceptors (Lipinski definition) is 1. The summed E-state index contributed by atoms with van der Waals surface area (Å²) in [5, 5.41) is 8.73. The minimum Gasteiger partial charge on any atom is -0.392 e. The van der Waals surface area contributed by atoms with Gasteiger partial charge < -0.3 is 5.11 Å². The van der Waals surface area contributed by atoms with Crippen molar-refractivity contribution in [1.29, 1.82) is 0 Å². The molecule has 0 aromatic rings. The molecule has 1 nitrogen and oxygen atoms in total. The summed E-state index contributed by atoms with van der Waals surface area (Å²) in [6.45, 7) is 3.87. The van der Waals surface area contributed by atoms with Crippen molar-refractivity contribution < 1.29 is 5.11 Å². The molecule has 0 radical (unpaired) electrons. The van der Waals surface area contributed by atoms with Crippen molar-refractivity contribution in [3.8, 4) is 0 Å². The van der Waals surface area contributed by atoms with Crippen molar-refractivity contribution in [2.45, 2.75) is 12.8 Å². The lowest BCUT2D eigenvalue weighted by Crippen LogP contribution is -1.95. The lowest BCUT2D eigenvalue weighted by molar-refractivity contribution is 0.326. The van der Waals surface area contributed by atoms with E-state index in [1.165, 1.54) is 5.57 Å². The molecular formula is C9H12O. The maximum absolute atomic E-state index is 8.73. The van der Waals surface area contributed by atoms with Crippen molar-refractivity contribution in [2.24, 2.45) is 0 Å². The monoisotopic (exact) mass is 136 g/mol. The number of rotatable bonds is 2. The summed E-state index contributed by atoms with van der Waals surface area (Å²) in [4.78, 5) is 0. The van der Waals surface area contributed by atoms with E-state index in [0.29, 0.717) is 0 Å². The van der Waals surface area contributed by atoms with Gasteiger partial charge in [-0.2, -0.15) is 0 Å². The van der Waals surface area contributed by atoms with Crippen LogP contribution < -0.4 is 0 Å². The summed E-state index contributed by atoms with van der Waals surface area (Å²) in [7, 11) is 0. The number of allylic oxidation sites excluding steroid dienone is 4. The Labute approximate surface area is 61.4 Å².